The monoisotopic (exact) mass is 180 g/mol. The van der Waals surface area contributed by atoms with Crippen molar-refractivity contribution in [2.24, 2.45) is 5.92 Å². The van der Waals surface area contributed by atoms with Crippen molar-refractivity contribution >= 4 is 0 Å². The molecular formula is C9H16N4. The van der Waals surface area contributed by atoms with Crippen molar-refractivity contribution in [3.05, 3.63) is 11.4 Å². The van der Waals surface area contributed by atoms with Crippen LogP contribution in [0.1, 0.15) is 25.2 Å². The van der Waals surface area contributed by atoms with Crippen LogP contribution < -0.4 is 5.32 Å². The van der Waals surface area contributed by atoms with Crippen LogP contribution >= 0.6 is 0 Å². The van der Waals surface area contributed by atoms with E-state index in [1.165, 1.54) is 5.69 Å². The molecule has 2 rings (SSSR count). The highest BCUT2D eigenvalue weighted by atomic mass is 15.4. The Bertz CT molecular complexity index is 290. The van der Waals surface area contributed by atoms with Gasteiger partial charge in [-0.3, -0.25) is 0 Å². The molecule has 0 aromatic carbocycles. The summed E-state index contributed by atoms with van der Waals surface area (Å²) in [6.45, 7) is 7.33. The Kier molecular flexibility index (Phi) is 2.31. The van der Waals surface area contributed by atoms with E-state index < -0.39 is 0 Å². The van der Waals surface area contributed by atoms with Crippen molar-refractivity contribution in [3.63, 3.8) is 0 Å². The molecule has 0 aliphatic carbocycles. The molecule has 0 fully saturated rings. The van der Waals surface area contributed by atoms with Gasteiger partial charge in [-0.15, -0.1) is 5.10 Å². The average Bonchev–Trinajstić information content (AvgIpc) is 2.48. The molecular weight excluding hydrogens is 164 g/mol. The lowest BCUT2D eigenvalue weighted by Gasteiger charge is -2.14. The minimum atomic E-state index is 0.640. The Morgan fingerprint density at radius 1 is 1.54 bits per heavy atom. The molecule has 0 unspecified atom stereocenters. The third kappa shape index (κ3) is 1.72. The predicted octanol–water partition coefficient (Wildman–Crippen LogP) is 0.580. The number of nitrogens with one attached hydrogen (secondary N) is 1. The summed E-state index contributed by atoms with van der Waals surface area (Å²) in [5.74, 6) is 0.640. The summed E-state index contributed by atoms with van der Waals surface area (Å²) in [5, 5.41) is 11.6. The van der Waals surface area contributed by atoms with Crippen LogP contribution in [0.5, 0.6) is 0 Å². The number of fused-ring (bicyclic) bond motifs is 1. The zero-order chi connectivity index (χ0) is 9.26. The van der Waals surface area contributed by atoms with Gasteiger partial charge in [0.25, 0.3) is 0 Å². The third-order valence-electron chi connectivity index (χ3n) is 2.29. The van der Waals surface area contributed by atoms with Crippen molar-refractivity contribution < 1.29 is 0 Å². The second-order valence-electron chi connectivity index (χ2n) is 3.99. The number of nitrogens with zero attached hydrogens (tertiary/aromatic N) is 3. The highest BCUT2D eigenvalue weighted by molar-refractivity contribution is 5.13. The van der Waals surface area contributed by atoms with E-state index in [1.54, 1.807) is 0 Å². The van der Waals surface area contributed by atoms with Gasteiger partial charge in [0.05, 0.1) is 11.4 Å². The lowest BCUT2D eigenvalue weighted by molar-refractivity contribution is 0.454. The quantitative estimate of drug-likeness (QED) is 0.724. The largest absolute Gasteiger partial charge is 0.311 e. The smallest absolute Gasteiger partial charge is 0.0997 e. The van der Waals surface area contributed by atoms with Crippen molar-refractivity contribution in [3.8, 4) is 0 Å². The summed E-state index contributed by atoms with van der Waals surface area (Å²) in [6, 6.07) is 0. The Morgan fingerprint density at radius 3 is 3.15 bits per heavy atom. The number of rotatable bonds is 2. The molecule has 1 N–H and O–H groups in total. The van der Waals surface area contributed by atoms with E-state index >= 15 is 0 Å². The molecule has 13 heavy (non-hydrogen) atoms. The summed E-state index contributed by atoms with van der Waals surface area (Å²) in [7, 11) is 0. The van der Waals surface area contributed by atoms with Crippen LogP contribution in [-0.4, -0.2) is 21.5 Å². The van der Waals surface area contributed by atoms with Gasteiger partial charge in [0.1, 0.15) is 0 Å². The van der Waals surface area contributed by atoms with Gasteiger partial charge in [-0.25, -0.2) is 4.68 Å². The molecule has 4 heteroatoms. The predicted molar refractivity (Wildman–Crippen MR) is 50.3 cm³/mol. The van der Waals surface area contributed by atoms with Crippen LogP contribution in [0.4, 0.5) is 0 Å². The van der Waals surface area contributed by atoms with Crippen molar-refractivity contribution in [2.75, 3.05) is 6.54 Å². The normalized spacial score (nSPS) is 16.2. The average molecular weight is 180 g/mol. The topological polar surface area (TPSA) is 42.7 Å². The molecule has 2 heterocycles. The van der Waals surface area contributed by atoms with E-state index in [-0.39, 0.29) is 0 Å². The van der Waals surface area contributed by atoms with Crippen LogP contribution in [0.2, 0.25) is 0 Å². The van der Waals surface area contributed by atoms with Crippen LogP contribution in [0.15, 0.2) is 0 Å². The maximum Gasteiger partial charge on any atom is 0.0997 e. The standard InChI is InChI=1S/C9H16N4/c1-7(2)6-13-9-3-4-10-5-8(9)11-12-13/h7,10H,3-6H2,1-2H3. The van der Waals surface area contributed by atoms with E-state index in [0.29, 0.717) is 5.92 Å². The molecule has 1 aliphatic heterocycles. The summed E-state index contributed by atoms with van der Waals surface area (Å²) in [6.07, 6.45) is 1.06. The van der Waals surface area contributed by atoms with Crippen molar-refractivity contribution in [1.29, 1.82) is 0 Å². The first-order chi connectivity index (χ1) is 6.27. The highest BCUT2D eigenvalue weighted by Gasteiger charge is 2.16. The number of aromatic nitrogens is 3. The first kappa shape index (κ1) is 8.69. The summed E-state index contributed by atoms with van der Waals surface area (Å²) < 4.78 is 2.06. The fourth-order valence-electron chi connectivity index (χ4n) is 1.69. The number of hydrogen-bond donors (Lipinski definition) is 1. The van der Waals surface area contributed by atoms with Crippen LogP contribution in [0.3, 0.4) is 0 Å². The molecule has 72 valence electrons. The van der Waals surface area contributed by atoms with E-state index in [0.717, 1.165) is 31.7 Å². The van der Waals surface area contributed by atoms with Gasteiger partial charge in [-0.1, -0.05) is 19.1 Å². The molecule has 0 atom stereocenters. The highest BCUT2D eigenvalue weighted by Crippen LogP contribution is 2.11. The van der Waals surface area contributed by atoms with Gasteiger partial charge in [0.2, 0.25) is 0 Å². The maximum absolute atomic E-state index is 4.16. The zero-order valence-electron chi connectivity index (χ0n) is 8.25. The minimum Gasteiger partial charge on any atom is -0.311 e. The van der Waals surface area contributed by atoms with Gasteiger partial charge in [0.15, 0.2) is 0 Å². The molecule has 0 saturated heterocycles. The third-order valence-corrected chi connectivity index (χ3v) is 2.29. The fourth-order valence-corrected chi connectivity index (χ4v) is 1.69. The van der Waals surface area contributed by atoms with E-state index in [4.69, 9.17) is 0 Å². The molecule has 0 radical (unpaired) electrons. The van der Waals surface area contributed by atoms with Gasteiger partial charge in [0, 0.05) is 26.1 Å². The van der Waals surface area contributed by atoms with Gasteiger partial charge < -0.3 is 5.32 Å². The Hall–Kier alpha value is -0.900. The maximum atomic E-state index is 4.16. The lowest BCUT2D eigenvalue weighted by Crippen LogP contribution is -2.25. The van der Waals surface area contributed by atoms with Gasteiger partial charge in [-0.05, 0) is 5.92 Å². The molecule has 0 bridgehead atoms. The Labute approximate surface area is 78.3 Å². The molecule has 0 amide bonds. The van der Waals surface area contributed by atoms with E-state index in [9.17, 15) is 0 Å². The summed E-state index contributed by atoms with van der Waals surface area (Å²) in [4.78, 5) is 0. The molecule has 4 nitrogen and oxygen atoms in total. The molecule has 1 aliphatic rings. The van der Waals surface area contributed by atoms with Crippen LogP contribution in [0, 0.1) is 5.92 Å². The second kappa shape index (κ2) is 3.46. The first-order valence-corrected chi connectivity index (χ1v) is 4.89. The number of hydrogen-bond acceptors (Lipinski definition) is 3. The molecule has 0 saturated carbocycles. The molecule has 1 aromatic heterocycles. The van der Waals surface area contributed by atoms with Crippen LogP contribution in [-0.2, 0) is 19.5 Å². The second-order valence-corrected chi connectivity index (χ2v) is 3.99. The summed E-state index contributed by atoms with van der Waals surface area (Å²) in [5.41, 5.74) is 2.46. The zero-order valence-corrected chi connectivity index (χ0v) is 8.25. The Morgan fingerprint density at radius 2 is 2.38 bits per heavy atom. The van der Waals surface area contributed by atoms with Crippen molar-refractivity contribution in [2.45, 2.75) is 33.4 Å². The SMILES string of the molecule is CC(C)Cn1nnc2c1CCNC2. The minimum absolute atomic E-state index is 0.640. The molecule has 1 aromatic rings. The first-order valence-electron chi connectivity index (χ1n) is 4.89. The summed E-state index contributed by atoms with van der Waals surface area (Å²) >= 11 is 0. The van der Waals surface area contributed by atoms with Crippen molar-refractivity contribution in [1.82, 2.24) is 20.3 Å². The fraction of sp³-hybridized carbons (Fsp3) is 0.778. The molecule has 0 spiro atoms. The lowest BCUT2D eigenvalue weighted by atomic mass is 10.1. The van der Waals surface area contributed by atoms with Gasteiger partial charge in [-0.2, -0.15) is 0 Å². The Balaban J connectivity index is 2.21. The van der Waals surface area contributed by atoms with Crippen LogP contribution in [0.25, 0.3) is 0 Å². The van der Waals surface area contributed by atoms with E-state index in [1.807, 2.05) is 0 Å². The van der Waals surface area contributed by atoms with E-state index in [2.05, 4.69) is 34.2 Å². The van der Waals surface area contributed by atoms with Gasteiger partial charge >= 0.3 is 0 Å².